The minimum atomic E-state index is -0.873. The van der Waals surface area contributed by atoms with Crippen molar-refractivity contribution in [2.75, 3.05) is 18.4 Å². The SMILES string of the molecule is Cc1cc(F)c(NC(=O)N2CCC(C(=O)O)CC2)cc1F. The quantitative estimate of drug-likeness (QED) is 0.881. The number of carboxylic acid groups (broad SMARTS) is 1. The van der Waals surface area contributed by atoms with Crippen LogP contribution in [-0.2, 0) is 4.79 Å². The van der Waals surface area contributed by atoms with Crippen LogP contribution in [0, 0.1) is 24.5 Å². The van der Waals surface area contributed by atoms with E-state index in [0.717, 1.165) is 12.1 Å². The Hall–Kier alpha value is -2.18. The summed E-state index contributed by atoms with van der Waals surface area (Å²) in [5.41, 5.74) is -0.0590. The van der Waals surface area contributed by atoms with Gasteiger partial charge in [0, 0.05) is 19.2 Å². The minimum absolute atomic E-state index is 0.160. The number of nitrogens with one attached hydrogen (secondary N) is 1. The molecule has 0 spiro atoms. The number of aryl methyl sites for hydroxylation is 1. The molecule has 1 aliphatic heterocycles. The number of benzene rings is 1. The van der Waals surface area contributed by atoms with Gasteiger partial charge in [-0.25, -0.2) is 13.6 Å². The van der Waals surface area contributed by atoms with Crippen LogP contribution in [0.2, 0.25) is 0 Å². The number of carbonyl (C=O) groups is 2. The van der Waals surface area contributed by atoms with Crippen LogP contribution in [0.1, 0.15) is 18.4 Å². The third-order valence-electron chi connectivity index (χ3n) is 3.62. The number of piperidine rings is 1. The van der Waals surface area contributed by atoms with Crippen LogP contribution in [0.15, 0.2) is 12.1 Å². The average molecular weight is 298 g/mol. The van der Waals surface area contributed by atoms with Gasteiger partial charge < -0.3 is 15.3 Å². The van der Waals surface area contributed by atoms with E-state index >= 15 is 0 Å². The molecule has 0 radical (unpaired) electrons. The molecule has 0 saturated carbocycles. The van der Waals surface area contributed by atoms with Crippen LogP contribution in [-0.4, -0.2) is 35.1 Å². The maximum atomic E-state index is 13.6. The van der Waals surface area contributed by atoms with E-state index in [-0.39, 0.29) is 24.3 Å². The van der Waals surface area contributed by atoms with E-state index < -0.39 is 29.6 Å². The van der Waals surface area contributed by atoms with Gasteiger partial charge in [-0.15, -0.1) is 0 Å². The zero-order valence-corrected chi connectivity index (χ0v) is 11.5. The minimum Gasteiger partial charge on any atom is -0.481 e. The summed E-state index contributed by atoms with van der Waals surface area (Å²) >= 11 is 0. The summed E-state index contributed by atoms with van der Waals surface area (Å²) < 4.78 is 27.0. The van der Waals surface area contributed by atoms with Gasteiger partial charge in [0.25, 0.3) is 0 Å². The number of hydrogen-bond donors (Lipinski definition) is 2. The van der Waals surface area contributed by atoms with Crippen LogP contribution < -0.4 is 5.32 Å². The number of carboxylic acids is 1. The Kier molecular flexibility index (Phi) is 4.40. The molecule has 1 aromatic rings. The number of halogens is 2. The van der Waals surface area contributed by atoms with E-state index in [2.05, 4.69) is 5.32 Å². The fourth-order valence-electron chi connectivity index (χ4n) is 2.27. The summed E-state index contributed by atoms with van der Waals surface area (Å²) in [7, 11) is 0. The number of amides is 2. The largest absolute Gasteiger partial charge is 0.481 e. The summed E-state index contributed by atoms with van der Waals surface area (Å²) in [5, 5.41) is 11.2. The highest BCUT2D eigenvalue weighted by atomic mass is 19.1. The molecule has 1 aliphatic rings. The van der Waals surface area contributed by atoms with Gasteiger partial charge in [0.2, 0.25) is 0 Å². The van der Waals surface area contributed by atoms with Gasteiger partial charge in [0.15, 0.2) is 0 Å². The molecule has 0 bridgehead atoms. The molecule has 1 heterocycles. The van der Waals surface area contributed by atoms with E-state index in [1.807, 2.05) is 0 Å². The number of rotatable bonds is 2. The highest BCUT2D eigenvalue weighted by Crippen LogP contribution is 2.21. The lowest BCUT2D eigenvalue weighted by Gasteiger charge is -2.30. The molecule has 7 heteroatoms. The Morgan fingerprint density at radius 2 is 1.86 bits per heavy atom. The van der Waals surface area contributed by atoms with Crippen molar-refractivity contribution >= 4 is 17.7 Å². The van der Waals surface area contributed by atoms with Gasteiger partial charge in [-0.3, -0.25) is 4.79 Å². The van der Waals surface area contributed by atoms with E-state index in [0.29, 0.717) is 12.8 Å². The Bertz CT molecular complexity index is 570. The number of likely N-dealkylation sites (tertiary alicyclic amines) is 1. The standard InChI is InChI=1S/C14H16F2N2O3/c1-8-6-11(16)12(7-10(8)15)17-14(21)18-4-2-9(3-5-18)13(19)20/h6-7,9H,2-5H2,1H3,(H,17,21)(H,19,20). The third kappa shape index (κ3) is 3.48. The van der Waals surface area contributed by atoms with E-state index in [9.17, 15) is 18.4 Å². The fourth-order valence-corrected chi connectivity index (χ4v) is 2.27. The number of aliphatic carboxylic acids is 1. The van der Waals surface area contributed by atoms with Crippen LogP contribution >= 0.6 is 0 Å². The Morgan fingerprint density at radius 3 is 2.43 bits per heavy atom. The predicted octanol–water partition coefficient (Wildman–Crippen LogP) is 2.60. The van der Waals surface area contributed by atoms with Crippen molar-refractivity contribution in [3.05, 3.63) is 29.3 Å². The molecule has 21 heavy (non-hydrogen) atoms. The van der Waals surface area contributed by atoms with Crippen molar-refractivity contribution in [1.82, 2.24) is 4.90 Å². The number of carbonyl (C=O) groups excluding carboxylic acids is 1. The molecule has 5 nitrogen and oxygen atoms in total. The average Bonchev–Trinajstić information content (AvgIpc) is 2.44. The first-order chi connectivity index (χ1) is 9.88. The first-order valence-corrected chi connectivity index (χ1v) is 6.63. The maximum absolute atomic E-state index is 13.6. The van der Waals surface area contributed by atoms with Crippen LogP contribution in [0.25, 0.3) is 0 Å². The monoisotopic (exact) mass is 298 g/mol. The molecular weight excluding hydrogens is 282 g/mol. The summed E-state index contributed by atoms with van der Waals surface area (Å²) in [6, 6.07) is 1.40. The topological polar surface area (TPSA) is 69.6 Å². The van der Waals surface area contributed by atoms with E-state index in [1.54, 1.807) is 0 Å². The Balaban J connectivity index is 2.00. The maximum Gasteiger partial charge on any atom is 0.321 e. The van der Waals surface area contributed by atoms with Crippen LogP contribution in [0.5, 0.6) is 0 Å². The normalized spacial score (nSPS) is 15.9. The fraction of sp³-hybridized carbons (Fsp3) is 0.429. The zero-order valence-electron chi connectivity index (χ0n) is 11.5. The third-order valence-corrected chi connectivity index (χ3v) is 3.62. The van der Waals surface area contributed by atoms with Gasteiger partial charge in [-0.1, -0.05) is 0 Å². The molecule has 0 aliphatic carbocycles. The Labute approximate surface area is 120 Å². The van der Waals surface area contributed by atoms with Crippen molar-refractivity contribution in [3.8, 4) is 0 Å². The molecule has 1 saturated heterocycles. The van der Waals surface area contributed by atoms with Gasteiger partial charge >= 0.3 is 12.0 Å². The van der Waals surface area contributed by atoms with Gasteiger partial charge in [-0.05, 0) is 31.4 Å². The lowest BCUT2D eigenvalue weighted by molar-refractivity contribution is -0.143. The van der Waals surface area contributed by atoms with Gasteiger partial charge in [0.05, 0.1) is 11.6 Å². The van der Waals surface area contributed by atoms with Crippen LogP contribution in [0.4, 0.5) is 19.3 Å². The second kappa shape index (κ2) is 6.07. The number of anilines is 1. The number of urea groups is 1. The first-order valence-electron chi connectivity index (χ1n) is 6.63. The molecule has 0 unspecified atom stereocenters. The first kappa shape index (κ1) is 15.2. The Morgan fingerprint density at radius 1 is 1.24 bits per heavy atom. The van der Waals surface area contributed by atoms with Gasteiger partial charge in [0.1, 0.15) is 11.6 Å². The summed E-state index contributed by atoms with van der Waals surface area (Å²) in [5.74, 6) is -2.64. The molecule has 2 amide bonds. The van der Waals surface area contributed by atoms with Crippen molar-refractivity contribution < 1.29 is 23.5 Å². The molecule has 1 aromatic carbocycles. The highest BCUT2D eigenvalue weighted by Gasteiger charge is 2.27. The summed E-state index contributed by atoms with van der Waals surface area (Å²) in [6.07, 6.45) is 0.709. The van der Waals surface area contributed by atoms with Crippen molar-refractivity contribution in [3.63, 3.8) is 0 Å². The molecule has 1 fully saturated rings. The predicted molar refractivity (Wildman–Crippen MR) is 72.0 cm³/mol. The molecule has 2 N–H and O–H groups in total. The molecule has 0 atom stereocenters. The summed E-state index contributed by atoms with van der Waals surface area (Å²) in [6.45, 7) is 1.98. The highest BCUT2D eigenvalue weighted by molar-refractivity contribution is 5.89. The molecule has 0 aromatic heterocycles. The molecule has 2 rings (SSSR count). The number of nitrogens with zero attached hydrogens (tertiary/aromatic N) is 1. The van der Waals surface area contributed by atoms with Crippen molar-refractivity contribution in [2.45, 2.75) is 19.8 Å². The second-order valence-corrected chi connectivity index (χ2v) is 5.11. The van der Waals surface area contributed by atoms with Gasteiger partial charge in [-0.2, -0.15) is 0 Å². The van der Waals surface area contributed by atoms with E-state index in [1.165, 1.54) is 11.8 Å². The molecule has 114 valence electrons. The number of hydrogen-bond acceptors (Lipinski definition) is 2. The zero-order chi connectivity index (χ0) is 15.6. The van der Waals surface area contributed by atoms with E-state index in [4.69, 9.17) is 5.11 Å². The lowest BCUT2D eigenvalue weighted by atomic mass is 9.97. The second-order valence-electron chi connectivity index (χ2n) is 5.11. The van der Waals surface area contributed by atoms with Crippen molar-refractivity contribution in [2.24, 2.45) is 5.92 Å². The van der Waals surface area contributed by atoms with Crippen molar-refractivity contribution in [1.29, 1.82) is 0 Å². The van der Waals surface area contributed by atoms with Crippen LogP contribution in [0.3, 0.4) is 0 Å². The molecular formula is C14H16F2N2O3. The smallest absolute Gasteiger partial charge is 0.321 e. The lowest BCUT2D eigenvalue weighted by Crippen LogP contribution is -2.42. The summed E-state index contributed by atoms with van der Waals surface area (Å²) in [4.78, 5) is 24.2.